The fraction of sp³-hybridized carbons (Fsp3) is 0.300. The van der Waals surface area contributed by atoms with Crippen molar-refractivity contribution in [2.45, 2.75) is 39.5 Å². The lowest BCUT2D eigenvalue weighted by Gasteiger charge is -2.21. The van der Waals surface area contributed by atoms with Crippen molar-refractivity contribution < 1.29 is 9.50 Å². The third-order valence-corrected chi connectivity index (χ3v) is 5.88. The molecule has 0 spiro atoms. The topological polar surface area (TPSA) is 91.8 Å². The largest absolute Gasteiger partial charge is 0.506 e. The molecule has 0 bridgehead atoms. The fourth-order valence-corrected chi connectivity index (χ4v) is 3.72. The van der Waals surface area contributed by atoms with E-state index < -0.39 is 22.7 Å². The van der Waals surface area contributed by atoms with Gasteiger partial charge in [-0.05, 0) is 33.8 Å². The molecular formula is C20H17BrClFN4O2. The van der Waals surface area contributed by atoms with E-state index in [0.717, 1.165) is 4.57 Å². The van der Waals surface area contributed by atoms with Crippen molar-refractivity contribution in [2.24, 2.45) is 0 Å². The highest BCUT2D eigenvalue weighted by atomic mass is 79.9. The zero-order chi connectivity index (χ0) is 21.6. The molecule has 3 rings (SSSR count). The van der Waals surface area contributed by atoms with Crippen LogP contribution < -0.4 is 5.56 Å². The molecule has 0 saturated heterocycles. The lowest BCUT2D eigenvalue weighted by Crippen LogP contribution is -2.26. The van der Waals surface area contributed by atoms with Gasteiger partial charge in [0.1, 0.15) is 18.1 Å². The van der Waals surface area contributed by atoms with Crippen LogP contribution in [0.15, 0.2) is 21.7 Å². The van der Waals surface area contributed by atoms with E-state index >= 15 is 4.39 Å². The molecule has 0 saturated carbocycles. The Hall–Kier alpha value is -2.50. The summed E-state index contributed by atoms with van der Waals surface area (Å²) >= 11 is 9.16. The Balaban J connectivity index is 2.72. The van der Waals surface area contributed by atoms with Crippen LogP contribution in [0.2, 0.25) is 5.02 Å². The lowest BCUT2D eigenvalue weighted by molar-refractivity contribution is 0.477. The van der Waals surface area contributed by atoms with Crippen LogP contribution in [0.1, 0.15) is 56.5 Å². The summed E-state index contributed by atoms with van der Waals surface area (Å²) < 4.78 is 16.4. The second-order valence-corrected chi connectivity index (χ2v) is 8.36. The van der Waals surface area contributed by atoms with Gasteiger partial charge in [0.15, 0.2) is 11.4 Å². The summed E-state index contributed by atoms with van der Waals surface area (Å²) in [6.07, 6.45) is 1.40. The minimum Gasteiger partial charge on any atom is -0.506 e. The van der Waals surface area contributed by atoms with Gasteiger partial charge in [0.2, 0.25) is 0 Å². The van der Waals surface area contributed by atoms with E-state index in [0.29, 0.717) is 17.1 Å². The Morgan fingerprint density at radius 3 is 2.28 bits per heavy atom. The van der Waals surface area contributed by atoms with E-state index in [4.69, 9.17) is 11.6 Å². The molecule has 0 aliphatic heterocycles. The lowest BCUT2D eigenvalue weighted by atomic mass is 10.0. The Morgan fingerprint density at radius 1 is 1.24 bits per heavy atom. The van der Waals surface area contributed by atoms with Gasteiger partial charge in [-0.3, -0.25) is 9.36 Å². The molecule has 0 aliphatic rings. The van der Waals surface area contributed by atoms with Crippen molar-refractivity contribution in [3.63, 3.8) is 0 Å². The van der Waals surface area contributed by atoms with Gasteiger partial charge in [0, 0.05) is 5.39 Å². The highest BCUT2D eigenvalue weighted by molar-refractivity contribution is 9.10. The van der Waals surface area contributed by atoms with Crippen molar-refractivity contribution in [2.75, 3.05) is 0 Å². The zero-order valence-corrected chi connectivity index (χ0v) is 18.4. The van der Waals surface area contributed by atoms with Crippen LogP contribution in [0.3, 0.4) is 0 Å². The van der Waals surface area contributed by atoms with Gasteiger partial charge in [-0.15, -0.1) is 0 Å². The second kappa shape index (κ2) is 7.73. The summed E-state index contributed by atoms with van der Waals surface area (Å²) in [6.45, 7) is 7.55. The van der Waals surface area contributed by atoms with E-state index in [1.807, 2.05) is 27.7 Å². The van der Waals surface area contributed by atoms with Gasteiger partial charge in [-0.1, -0.05) is 39.3 Å². The molecule has 2 heterocycles. The number of aromatic hydroxyl groups is 1. The number of hydrogen-bond acceptors (Lipinski definition) is 5. The quantitative estimate of drug-likeness (QED) is 0.524. The summed E-state index contributed by atoms with van der Waals surface area (Å²) in [4.78, 5) is 21.9. The van der Waals surface area contributed by atoms with Crippen molar-refractivity contribution in [3.8, 4) is 17.5 Å². The first-order valence-corrected chi connectivity index (χ1v) is 9.99. The van der Waals surface area contributed by atoms with Crippen LogP contribution in [0.25, 0.3) is 16.6 Å². The van der Waals surface area contributed by atoms with Crippen molar-refractivity contribution in [3.05, 3.63) is 55.0 Å². The predicted molar refractivity (Wildman–Crippen MR) is 112 cm³/mol. The maximum Gasteiger partial charge on any atom is 0.277 e. The third-order valence-electron chi connectivity index (χ3n) is 4.58. The average Bonchev–Trinajstić information content (AvgIpc) is 2.67. The minimum absolute atomic E-state index is 0.00290. The van der Waals surface area contributed by atoms with Crippen molar-refractivity contribution >= 4 is 38.4 Å². The molecule has 3 aromatic rings. The molecule has 2 aromatic heterocycles. The predicted octanol–water partition coefficient (Wildman–Crippen LogP) is 5.16. The second-order valence-electron chi connectivity index (χ2n) is 7.16. The highest BCUT2D eigenvalue weighted by Crippen LogP contribution is 2.39. The molecule has 6 nitrogen and oxygen atoms in total. The molecule has 0 aliphatic carbocycles. The van der Waals surface area contributed by atoms with E-state index in [9.17, 15) is 15.2 Å². The smallest absolute Gasteiger partial charge is 0.277 e. The average molecular weight is 480 g/mol. The molecule has 1 N–H and O–H groups in total. The maximum absolute atomic E-state index is 15.3. The van der Waals surface area contributed by atoms with Crippen LogP contribution in [0, 0.1) is 17.1 Å². The Bertz CT molecular complexity index is 1220. The first-order chi connectivity index (χ1) is 13.6. The SMILES string of the molecule is CC(C)c1ncnc(C(C)C)c1-n1c(=O)c(C#N)c(O)c2cc(Cl)c(Br)c(F)c21. The van der Waals surface area contributed by atoms with Crippen molar-refractivity contribution in [1.82, 2.24) is 14.5 Å². The number of benzene rings is 1. The Kier molecular flexibility index (Phi) is 5.65. The van der Waals surface area contributed by atoms with Crippen LogP contribution >= 0.6 is 27.5 Å². The number of nitriles is 1. The summed E-state index contributed by atoms with van der Waals surface area (Å²) in [5, 5.41) is 19.9. The van der Waals surface area contributed by atoms with Crippen molar-refractivity contribution in [1.29, 1.82) is 5.26 Å². The fourth-order valence-electron chi connectivity index (χ4n) is 3.23. The molecule has 0 radical (unpaired) electrons. The number of rotatable bonds is 3. The van der Waals surface area contributed by atoms with E-state index in [1.54, 1.807) is 6.07 Å². The molecule has 0 unspecified atom stereocenters. The molecular weight excluding hydrogens is 463 g/mol. The third kappa shape index (κ3) is 3.28. The summed E-state index contributed by atoms with van der Waals surface area (Å²) in [6, 6.07) is 3.02. The molecule has 29 heavy (non-hydrogen) atoms. The number of aromatic nitrogens is 3. The summed E-state index contributed by atoms with van der Waals surface area (Å²) in [7, 11) is 0. The van der Waals surface area contributed by atoms with E-state index in [1.165, 1.54) is 12.4 Å². The van der Waals surface area contributed by atoms with Gasteiger partial charge in [0.25, 0.3) is 5.56 Å². The van der Waals surface area contributed by atoms with Gasteiger partial charge in [-0.2, -0.15) is 5.26 Å². The molecule has 0 amide bonds. The normalized spacial score (nSPS) is 11.4. The number of halogens is 3. The van der Waals surface area contributed by atoms with Gasteiger partial charge < -0.3 is 5.11 Å². The monoisotopic (exact) mass is 478 g/mol. The highest BCUT2D eigenvalue weighted by Gasteiger charge is 2.27. The van der Waals surface area contributed by atoms with Crippen LogP contribution in [-0.4, -0.2) is 19.6 Å². The van der Waals surface area contributed by atoms with Gasteiger partial charge in [-0.25, -0.2) is 14.4 Å². The molecule has 9 heteroatoms. The Morgan fingerprint density at radius 2 is 1.79 bits per heavy atom. The zero-order valence-electron chi connectivity index (χ0n) is 16.1. The number of nitrogens with zero attached hydrogens (tertiary/aromatic N) is 4. The van der Waals surface area contributed by atoms with E-state index in [2.05, 4.69) is 25.9 Å². The number of fused-ring (bicyclic) bond motifs is 1. The van der Waals surface area contributed by atoms with Gasteiger partial charge in [0.05, 0.1) is 32.1 Å². The molecule has 1 aromatic carbocycles. The van der Waals surface area contributed by atoms with Gasteiger partial charge >= 0.3 is 0 Å². The van der Waals surface area contributed by atoms with Crippen LogP contribution in [0.4, 0.5) is 4.39 Å². The summed E-state index contributed by atoms with van der Waals surface area (Å²) in [5.41, 5.74) is -0.231. The standard InChI is InChI=1S/C20H17BrClFN4O2/c1-8(2)15-18(16(9(3)4)26-7-25-15)27-17-10(5-12(22)13(21)14(17)23)19(28)11(6-24)20(27)29/h5,7-9,28H,1-4H3. The van der Waals surface area contributed by atoms with Crippen LogP contribution in [-0.2, 0) is 0 Å². The molecule has 0 atom stereocenters. The number of hydrogen-bond donors (Lipinski definition) is 1. The van der Waals surface area contributed by atoms with E-state index in [-0.39, 0.29) is 32.2 Å². The maximum atomic E-state index is 15.3. The summed E-state index contributed by atoms with van der Waals surface area (Å²) in [5.74, 6) is -1.69. The number of pyridine rings is 1. The first-order valence-electron chi connectivity index (χ1n) is 8.82. The van der Waals surface area contributed by atoms with Crippen LogP contribution in [0.5, 0.6) is 5.75 Å². The molecule has 0 fully saturated rings. The minimum atomic E-state index is -0.857. The Labute approximate surface area is 179 Å². The first kappa shape index (κ1) is 21.2. The molecule has 150 valence electrons.